The monoisotopic (exact) mass is 297 g/mol. The summed E-state index contributed by atoms with van der Waals surface area (Å²) in [6.45, 7) is 5.39. The van der Waals surface area contributed by atoms with Crippen molar-refractivity contribution >= 4 is 28.9 Å². The lowest BCUT2D eigenvalue weighted by Crippen LogP contribution is -2.41. The number of hydrazone groups is 1. The first-order valence-electron chi connectivity index (χ1n) is 6.69. The summed E-state index contributed by atoms with van der Waals surface area (Å²) in [5.74, 6) is 0.381. The highest BCUT2D eigenvalue weighted by atomic mass is 35.5. The zero-order chi connectivity index (χ0) is 13.4. The SMILES string of the molecule is CCN1CCC2=NNC(c3c(Cl)cccc3Cl)C2C1. The molecule has 2 atom stereocenters. The van der Waals surface area contributed by atoms with Gasteiger partial charge in [0, 0.05) is 46.7 Å². The highest BCUT2D eigenvalue weighted by Crippen LogP contribution is 2.39. The van der Waals surface area contributed by atoms with Crippen LogP contribution in [0.3, 0.4) is 0 Å². The van der Waals surface area contributed by atoms with Gasteiger partial charge in [-0.2, -0.15) is 5.10 Å². The summed E-state index contributed by atoms with van der Waals surface area (Å²) >= 11 is 12.6. The van der Waals surface area contributed by atoms with E-state index in [0.29, 0.717) is 5.92 Å². The zero-order valence-corrected chi connectivity index (χ0v) is 12.4. The minimum atomic E-state index is 0.102. The number of likely N-dealkylation sites (tertiary alicyclic amines) is 1. The van der Waals surface area contributed by atoms with E-state index in [9.17, 15) is 0 Å². The van der Waals surface area contributed by atoms with Crippen molar-refractivity contribution in [1.29, 1.82) is 0 Å². The summed E-state index contributed by atoms with van der Waals surface area (Å²) in [5.41, 5.74) is 5.47. The summed E-state index contributed by atoms with van der Waals surface area (Å²) in [5, 5.41) is 5.92. The van der Waals surface area contributed by atoms with Gasteiger partial charge in [0.05, 0.1) is 6.04 Å². The molecular weight excluding hydrogens is 281 g/mol. The van der Waals surface area contributed by atoms with Gasteiger partial charge in [-0.05, 0) is 18.7 Å². The van der Waals surface area contributed by atoms with Crippen molar-refractivity contribution in [1.82, 2.24) is 10.3 Å². The number of fused-ring (bicyclic) bond motifs is 1. The first-order valence-corrected chi connectivity index (χ1v) is 7.44. The Morgan fingerprint density at radius 3 is 2.79 bits per heavy atom. The Balaban J connectivity index is 1.91. The molecule has 3 nitrogen and oxygen atoms in total. The molecule has 0 amide bonds. The molecule has 0 bridgehead atoms. The molecule has 1 aromatic carbocycles. The van der Waals surface area contributed by atoms with Crippen LogP contribution >= 0.6 is 23.2 Å². The van der Waals surface area contributed by atoms with Crippen LogP contribution in [0.2, 0.25) is 10.0 Å². The van der Waals surface area contributed by atoms with Crippen LogP contribution in [0.5, 0.6) is 0 Å². The molecule has 1 N–H and O–H groups in total. The molecule has 2 heterocycles. The molecule has 0 saturated carbocycles. The van der Waals surface area contributed by atoms with Crippen LogP contribution in [0.15, 0.2) is 23.3 Å². The predicted octanol–water partition coefficient (Wildman–Crippen LogP) is 3.34. The Labute approximate surface area is 123 Å². The molecule has 0 aliphatic carbocycles. The number of nitrogens with one attached hydrogen (secondary N) is 1. The van der Waals surface area contributed by atoms with Crippen molar-refractivity contribution in [3.8, 4) is 0 Å². The van der Waals surface area contributed by atoms with E-state index in [1.807, 2.05) is 18.2 Å². The molecule has 19 heavy (non-hydrogen) atoms. The summed E-state index contributed by atoms with van der Waals surface area (Å²) in [6.07, 6.45) is 1.03. The molecule has 5 heteroatoms. The smallest absolute Gasteiger partial charge is 0.0811 e. The van der Waals surface area contributed by atoms with E-state index in [-0.39, 0.29) is 6.04 Å². The predicted molar refractivity (Wildman–Crippen MR) is 80.0 cm³/mol. The number of piperidine rings is 1. The van der Waals surface area contributed by atoms with E-state index in [1.165, 1.54) is 5.71 Å². The van der Waals surface area contributed by atoms with Gasteiger partial charge in [0.15, 0.2) is 0 Å². The Kier molecular flexibility index (Phi) is 3.70. The third kappa shape index (κ3) is 2.35. The minimum absolute atomic E-state index is 0.102. The van der Waals surface area contributed by atoms with Crippen LogP contribution in [0.25, 0.3) is 0 Å². The van der Waals surface area contributed by atoms with Crippen molar-refractivity contribution in [3.05, 3.63) is 33.8 Å². The highest BCUT2D eigenvalue weighted by Gasteiger charge is 2.38. The normalized spacial score (nSPS) is 26.8. The van der Waals surface area contributed by atoms with Crippen LogP contribution < -0.4 is 5.43 Å². The lowest BCUT2D eigenvalue weighted by Gasteiger charge is -2.33. The lowest BCUT2D eigenvalue weighted by molar-refractivity contribution is 0.238. The molecule has 2 unspecified atom stereocenters. The molecule has 0 aromatic heterocycles. The Hall–Kier alpha value is -0.770. The molecule has 1 aromatic rings. The molecule has 0 spiro atoms. The van der Waals surface area contributed by atoms with Crippen molar-refractivity contribution in [2.45, 2.75) is 19.4 Å². The molecule has 1 saturated heterocycles. The van der Waals surface area contributed by atoms with Crippen LogP contribution in [0, 0.1) is 5.92 Å². The number of benzene rings is 1. The maximum atomic E-state index is 6.32. The molecule has 0 radical (unpaired) electrons. The van der Waals surface area contributed by atoms with Gasteiger partial charge in [0.2, 0.25) is 0 Å². The Morgan fingerprint density at radius 1 is 1.37 bits per heavy atom. The topological polar surface area (TPSA) is 27.6 Å². The van der Waals surface area contributed by atoms with E-state index in [0.717, 1.165) is 41.7 Å². The molecular formula is C14H17Cl2N3. The van der Waals surface area contributed by atoms with E-state index < -0.39 is 0 Å². The lowest BCUT2D eigenvalue weighted by atomic mass is 9.86. The van der Waals surface area contributed by atoms with Gasteiger partial charge in [-0.15, -0.1) is 0 Å². The Morgan fingerprint density at radius 2 is 2.11 bits per heavy atom. The fraction of sp³-hybridized carbons (Fsp3) is 0.500. The van der Waals surface area contributed by atoms with Crippen LogP contribution in [0.1, 0.15) is 24.9 Å². The second kappa shape index (κ2) is 5.31. The fourth-order valence-corrected chi connectivity index (χ4v) is 3.61. The number of nitrogens with zero attached hydrogens (tertiary/aromatic N) is 2. The largest absolute Gasteiger partial charge is 0.302 e. The maximum Gasteiger partial charge on any atom is 0.0811 e. The average molecular weight is 298 g/mol. The van der Waals surface area contributed by atoms with Gasteiger partial charge in [-0.25, -0.2) is 0 Å². The molecule has 3 rings (SSSR count). The van der Waals surface area contributed by atoms with Gasteiger partial charge in [-0.1, -0.05) is 36.2 Å². The van der Waals surface area contributed by atoms with Gasteiger partial charge >= 0.3 is 0 Å². The third-order valence-corrected chi connectivity index (χ3v) is 4.73. The van der Waals surface area contributed by atoms with Crippen molar-refractivity contribution in [3.63, 3.8) is 0 Å². The van der Waals surface area contributed by atoms with Gasteiger partial charge < -0.3 is 10.3 Å². The quantitative estimate of drug-likeness (QED) is 0.907. The second-order valence-corrected chi connectivity index (χ2v) is 5.91. The van der Waals surface area contributed by atoms with E-state index in [2.05, 4.69) is 22.4 Å². The number of rotatable bonds is 2. The second-order valence-electron chi connectivity index (χ2n) is 5.09. The zero-order valence-electron chi connectivity index (χ0n) is 10.9. The molecule has 1 fully saturated rings. The number of halogens is 2. The van der Waals surface area contributed by atoms with E-state index in [4.69, 9.17) is 23.2 Å². The van der Waals surface area contributed by atoms with Crippen LogP contribution in [-0.2, 0) is 0 Å². The molecule has 2 aliphatic rings. The summed E-state index contributed by atoms with van der Waals surface area (Å²) in [4.78, 5) is 2.45. The van der Waals surface area contributed by atoms with E-state index >= 15 is 0 Å². The minimum Gasteiger partial charge on any atom is -0.302 e. The third-order valence-electron chi connectivity index (χ3n) is 4.07. The molecule has 102 valence electrons. The summed E-state index contributed by atoms with van der Waals surface area (Å²) in [7, 11) is 0. The Bertz CT molecular complexity index is 495. The highest BCUT2D eigenvalue weighted by molar-refractivity contribution is 6.36. The maximum absolute atomic E-state index is 6.32. The summed E-state index contributed by atoms with van der Waals surface area (Å²) in [6, 6.07) is 5.76. The number of hydrogen-bond acceptors (Lipinski definition) is 3. The number of hydrogen-bond donors (Lipinski definition) is 1. The first-order chi connectivity index (χ1) is 9.20. The van der Waals surface area contributed by atoms with Gasteiger partial charge in [0.25, 0.3) is 0 Å². The average Bonchev–Trinajstić information content (AvgIpc) is 2.81. The van der Waals surface area contributed by atoms with Crippen molar-refractivity contribution in [2.75, 3.05) is 19.6 Å². The first kappa shape index (κ1) is 13.2. The standard InChI is InChI=1S/C14H17Cl2N3/c1-2-19-7-6-12-9(8-19)14(18-17-12)13-10(15)4-3-5-11(13)16/h3-5,9,14,18H,2,6-8H2,1H3. The van der Waals surface area contributed by atoms with Crippen molar-refractivity contribution in [2.24, 2.45) is 11.0 Å². The van der Waals surface area contributed by atoms with Crippen molar-refractivity contribution < 1.29 is 0 Å². The van der Waals surface area contributed by atoms with Gasteiger partial charge in [0.1, 0.15) is 0 Å². The molecule has 2 aliphatic heterocycles. The summed E-state index contributed by atoms with van der Waals surface area (Å²) < 4.78 is 0. The van der Waals surface area contributed by atoms with E-state index in [1.54, 1.807) is 0 Å². The van der Waals surface area contributed by atoms with Crippen LogP contribution in [-0.4, -0.2) is 30.2 Å². The van der Waals surface area contributed by atoms with Gasteiger partial charge in [-0.3, -0.25) is 0 Å². The fourth-order valence-electron chi connectivity index (χ4n) is 2.97. The van der Waals surface area contributed by atoms with Crippen LogP contribution in [0.4, 0.5) is 0 Å².